The highest BCUT2D eigenvalue weighted by Gasteiger charge is 2.14. The van der Waals surface area contributed by atoms with Crippen molar-refractivity contribution in [1.29, 1.82) is 0 Å². The Morgan fingerprint density at radius 1 is 1.18 bits per heavy atom. The lowest BCUT2D eigenvalue weighted by atomic mass is 9.89. The van der Waals surface area contributed by atoms with E-state index in [0.717, 1.165) is 30.7 Å². The molecule has 1 aliphatic carbocycles. The molecule has 5 nitrogen and oxygen atoms in total. The number of nitrogens with zero attached hydrogens (tertiary/aromatic N) is 1. The minimum atomic E-state index is -0.214. The van der Waals surface area contributed by atoms with Gasteiger partial charge in [-0.05, 0) is 43.7 Å². The molecule has 2 amide bonds. The third-order valence-electron chi connectivity index (χ3n) is 3.72. The molecule has 0 saturated heterocycles. The molecule has 0 aromatic heterocycles. The van der Waals surface area contributed by atoms with Crippen LogP contribution in [-0.2, 0) is 9.59 Å². The predicted molar refractivity (Wildman–Crippen MR) is 87.5 cm³/mol. The molecular formula is C17H23N3O2. The van der Waals surface area contributed by atoms with Crippen LogP contribution in [0.3, 0.4) is 0 Å². The normalized spacial score (nSPS) is 19.7. The molecule has 1 aliphatic rings. The van der Waals surface area contributed by atoms with Crippen molar-refractivity contribution in [2.45, 2.75) is 45.4 Å². The molecule has 118 valence electrons. The highest BCUT2D eigenvalue weighted by Crippen LogP contribution is 2.20. The van der Waals surface area contributed by atoms with Crippen molar-refractivity contribution >= 4 is 23.2 Å². The van der Waals surface area contributed by atoms with Gasteiger partial charge < -0.3 is 5.32 Å². The maximum atomic E-state index is 11.7. The van der Waals surface area contributed by atoms with Gasteiger partial charge in [-0.1, -0.05) is 25.1 Å². The first-order valence-corrected chi connectivity index (χ1v) is 7.82. The summed E-state index contributed by atoms with van der Waals surface area (Å²) in [5, 5.41) is 6.93. The number of benzene rings is 1. The number of carbonyl (C=O) groups is 2. The van der Waals surface area contributed by atoms with Gasteiger partial charge in [-0.15, -0.1) is 0 Å². The lowest BCUT2D eigenvalue weighted by Crippen LogP contribution is -2.23. The number of carbonyl (C=O) groups excluding carboxylic acids is 2. The summed E-state index contributed by atoms with van der Waals surface area (Å²) in [4.78, 5) is 23.5. The van der Waals surface area contributed by atoms with Crippen LogP contribution < -0.4 is 10.7 Å². The highest BCUT2D eigenvalue weighted by molar-refractivity contribution is 5.93. The van der Waals surface area contributed by atoms with Gasteiger partial charge in [-0.25, -0.2) is 5.43 Å². The van der Waals surface area contributed by atoms with Crippen LogP contribution in [0.2, 0.25) is 0 Å². The van der Waals surface area contributed by atoms with Gasteiger partial charge in [-0.2, -0.15) is 5.10 Å². The SMILES string of the molecule is C[C@H]1CCC/C(=N/NC(=O)CCC(=O)Nc2ccccc2)C1. The van der Waals surface area contributed by atoms with Crippen molar-refractivity contribution in [2.75, 3.05) is 5.32 Å². The third-order valence-corrected chi connectivity index (χ3v) is 3.72. The lowest BCUT2D eigenvalue weighted by Gasteiger charge is -2.18. The van der Waals surface area contributed by atoms with E-state index in [1.807, 2.05) is 30.3 Å². The molecule has 1 aromatic carbocycles. The molecule has 0 radical (unpaired) electrons. The molecule has 0 unspecified atom stereocenters. The smallest absolute Gasteiger partial charge is 0.240 e. The fraction of sp³-hybridized carbons (Fsp3) is 0.471. The Balaban J connectivity index is 1.69. The molecule has 1 atom stereocenters. The number of nitrogens with one attached hydrogen (secondary N) is 2. The second-order valence-electron chi connectivity index (χ2n) is 5.83. The molecular weight excluding hydrogens is 278 g/mol. The van der Waals surface area contributed by atoms with Gasteiger partial charge in [-0.3, -0.25) is 9.59 Å². The van der Waals surface area contributed by atoms with Crippen LogP contribution in [0.4, 0.5) is 5.69 Å². The molecule has 1 fully saturated rings. The molecule has 0 bridgehead atoms. The Morgan fingerprint density at radius 3 is 2.64 bits per heavy atom. The van der Waals surface area contributed by atoms with Gasteiger partial charge in [0.2, 0.25) is 11.8 Å². The van der Waals surface area contributed by atoms with Crippen molar-refractivity contribution in [2.24, 2.45) is 11.0 Å². The van der Waals surface area contributed by atoms with Crippen molar-refractivity contribution in [3.05, 3.63) is 30.3 Å². The number of anilines is 1. The molecule has 22 heavy (non-hydrogen) atoms. The minimum Gasteiger partial charge on any atom is -0.326 e. The number of para-hydroxylation sites is 1. The fourth-order valence-corrected chi connectivity index (χ4v) is 2.53. The monoisotopic (exact) mass is 301 g/mol. The summed E-state index contributed by atoms with van der Waals surface area (Å²) in [5.41, 5.74) is 4.36. The molecule has 0 aliphatic heterocycles. The Kier molecular flexibility index (Phi) is 6.13. The van der Waals surface area contributed by atoms with Crippen molar-refractivity contribution in [1.82, 2.24) is 5.43 Å². The zero-order valence-electron chi connectivity index (χ0n) is 13.0. The topological polar surface area (TPSA) is 70.6 Å². The molecule has 0 heterocycles. The zero-order chi connectivity index (χ0) is 15.8. The van der Waals surface area contributed by atoms with Gasteiger partial charge in [0.25, 0.3) is 0 Å². The van der Waals surface area contributed by atoms with E-state index >= 15 is 0 Å². The van der Waals surface area contributed by atoms with E-state index < -0.39 is 0 Å². The van der Waals surface area contributed by atoms with Crippen LogP contribution in [0.15, 0.2) is 35.4 Å². The van der Waals surface area contributed by atoms with E-state index in [-0.39, 0.29) is 24.7 Å². The van der Waals surface area contributed by atoms with E-state index in [9.17, 15) is 9.59 Å². The van der Waals surface area contributed by atoms with Crippen molar-refractivity contribution in [3.63, 3.8) is 0 Å². The number of amides is 2. The molecule has 2 rings (SSSR count). The van der Waals surface area contributed by atoms with Gasteiger partial charge in [0, 0.05) is 24.2 Å². The van der Waals surface area contributed by atoms with E-state index in [4.69, 9.17) is 0 Å². The Morgan fingerprint density at radius 2 is 1.91 bits per heavy atom. The number of hydrogen-bond acceptors (Lipinski definition) is 3. The van der Waals surface area contributed by atoms with Gasteiger partial charge in [0.05, 0.1) is 0 Å². The van der Waals surface area contributed by atoms with Crippen LogP contribution in [0.1, 0.15) is 45.4 Å². The van der Waals surface area contributed by atoms with E-state index in [0.29, 0.717) is 5.92 Å². The maximum absolute atomic E-state index is 11.7. The average molecular weight is 301 g/mol. The van der Waals surface area contributed by atoms with Crippen molar-refractivity contribution in [3.8, 4) is 0 Å². The summed E-state index contributed by atoms with van der Waals surface area (Å²) >= 11 is 0. The second kappa shape index (κ2) is 8.32. The summed E-state index contributed by atoms with van der Waals surface area (Å²) in [7, 11) is 0. The number of hydrogen-bond donors (Lipinski definition) is 2. The molecule has 1 aromatic rings. The third kappa shape index (κ3) is 5.68. The maximum Gasteiger partial charge on any atom is 0.240 e. The molecule has 0 spiro atoms. The summed E-state index contributed by atoms with van der Waals surface area (Å²) in [6, 6.07) is 9.21. The summed E-state index contributed by atoms with van der Waals surface area (Å²) in [6.07, 6.45) is 4.57. The summed E-state index contributed by atoms with van der Waals surface area (Å²) in [5.74, 6) is 0.260. The highest BCUT2D eigenvalue weighted by atomic mass is 16.2. The van der Waals surface area contributed by atoms with Crippen LogP contribution in [0.25, 0.3) is 0 Å². The van der Waals surface area contributed by atoms with Gasteiger partial charge in [0.1, 0.15) is 0 Å². The zero-order valence-corrected chi connectivity index (χ0v) is 13.0. The van der Waals surface area contributed by atoms with Crippen molar-refractivity contribution < 1.29 is 9.59 Å². The second-order valence-corrected chi connectivity index (χ2v) is 5.83. The largest absolute Gasteiger partial charge is 0.326 e. The fourth-order valence-electron chi connectivity index (χ4n) is 2.53. The standard InChI is InChI=1S/C17H23N3O2/c1-13-6-5-9-15(12-13)19-20-17(22)11-10-16(21)18-14-7-3-2-4-8-14/h2-4,7-8,13H,5-6,9-12H2,1H3,(H,18,21)(H,20,22)/b19-15-/t13-/m0/s1. The summed E-state index contributed by atoms with van der Waals surface area (Å²) < 4.78 is 0. The van der Waals surface area contributed by atoms with E-state index in [1.54, 1.807) is 0 Å². The Labute approximate surface area is 131 Å². The van der Waals surface area contributed by atoms with Crippen LogP contribution >= 0.6 is 0 Å². The predicted octanol–water partition coefficient (Wildman–Crippen LogP) is 3.09. The first-order valence-electron chi connectivity index (χ1n) is 7.82. The number of hydrazone groups is 1. The number of rotatable bonds is 5. The lowest BCUT2D eigenvalue weighted by molar-refractivity contribution is -0.124. The summed E-state index contributed by atoms with van der Waals surface area (Å²) in [6.45, 7) is 2.20. The van der Waals surface area contributed by atoms with Gasteiger partial charge >= 0.3 is 0 Å². The Hall–Kier alpha value is -2.17. The van der Waals surface area contributed by atoms with E-state index in [2.05, 4.69) is 22.8 Å². The van der Waals surface area contributed by atoms with Crippen LogP contribution in [0.5, 0.6) is 0 Å². The van der Waals surface area contributed by atoms with Crippen LogP contribution in [-0.4, -0.2) is 17.5 Å². The first-order chi connectivity index (χ1) is 10.6. The molecule has 1 saturated carbocycles. The Bertz CT molecular complexity index is 540. The van der Waals surface area contributed by atoms with E-state index in [1.165, 1.54) is 6.42 Å². The van der Waals surface area contributed by atoms with Gasteiger partial charge in [0.15, 0.2) is 0 Å². The first kappa shape index (κ1) is 16.2. The molecule has 5 heteroatoms. The molecule has 2 N–H and O–H groups in total. The van der Waals surface area contributed by atoms with Crippen LogP contribution in [0, 0.1) is 5.92 Å². The quantitative estimate of drug-likeness (QED) is 0.820. The average Bonchev–Trinajstić information content (AvgIpc) is 2.52. The minimum absolute atomic E-state index is 0.144.